The van der Waals surface area contributed by atoms with Crippen LogP contribution in [0.15, 0.2) is 58.3 Å². The first kappa shape index (κ1) is 20.8. The molecule has 0 unspecified atom stereocenters. The largest absolute Gasteiger partial charge is 0.494 e. The van der Waals surface area contributed by atoms with Crippen LogP contribution in [0.25, 0.3) is 11.6 Å². The van der Waals surface area contributed by atoms with E-state index in [0.717, 1.165) is 22.4 Å². The lowest BCUT2D eigenvalue weighted by Crippen LogP contribution is -2.26. The maximum absolute atomic E-state index is 12.9. The Morgan fingerprint density at radius 2 is 1.84 bits per heavy atom. The molecule has 158 valence electrons. The second-order valence-corrected chi connectivity index (χ2v) is 7.49. The molecule has 7 heteroatoms. The molecule has 0 saturated heterocycles. The van der Waals surface area contributed by atoms with E-state index in [2.05, 4.69) is 4.99 Å². The number of aromatic nitrogens is 2. The summed E-state index contributed by atoms with van der Waals surface area (Å²) in [4.78, 5) is 17.4. The van der Waals surface area contributed by atoms with Crippen LogP contribution in [-0.2, 0) is 19.7 Å². The van der Waals surface area contributed by atoms with Gasteiger partial charge in [0.05, 0.1) is 5.69 Å². The number of aromatic hydroxyl groups is 1. The molecule has 1 aliphatic rings. The van der Waals surface area contributed by atoms with Crippen molar-refractivity contribution in [1.29, 1.82) is 0 Å². The normalized spacial score (nSPS) is 13.5. The van der Waals surface area contributed by atoms with Crippen LogP contribution in [0.1, 0.15) is 30.5 Å². The predicted octanol–water partition coefficient (Wildman–Crippen LogP) is 4.96. The summed E-state index contributed by atoms with van der Waals surface area (Å²) in [6, 6.07) is 15.6. The number of rotatable bonds is 6. The summed E-state index contributed by atoms with van der Waals surface area (Å²) in [5, 5.41) is 10.7. The summed E-state index contributed by atoms with van der Waals surface area (Å²) in [6.07, 6.45) is 3.36. The summed E-state index contributed by atoms with van der Waals surface area (Å²) in [7, 11) is 0. The molecule has 0 aliphatic carbocycles. The minimum absolute atomic E-state index is 0.131. The quantitative estimate of drug-likeness (QED) is 0.558. The summed E-state index contributed by atoms with van der Waals surface area (Å²) in [6.45, 7) is 5.07. The molecule has 6 nitrogen and oxygen atoms in total. The Hall–Kier alpha value is -3.45. The zero-order valence-electron chi connectivity index (χ0n) is 17.4. The molecule has 0 atom stereocenters. The van der Waals surface area contributed by atoms with E-state index in [1.54, 1.807) is 16.9 Å². The standard InChI is InChI=1S/C24H23N3O3S/c1-3-26-22(28)20(23(29)27(4-2)24(26)31)12-17-14-25-21-11-10-18(13-19(17)21)30-15-16-8-6-5-7-9-16/h5-14,28H,3-4,15H2,1-2H3. The second-order valence-electron chi connectivity index (χ2n) is 7.12. The average molecular weight is 434 g/mol. The van der Waals surface area contributed by atoms with Crippen LogP contribution in [-0.4, -0.2) is 20.5 Å². The molecule has 1 aliphatic heterocycles. The highest BCUT2D eigenvalue weighted by Crippen LogP contribution is 2.36. The maximum Gasteiger partial charge on any atom is 0.265 e. The molecular weight excluding hydrogens is 410 g/mol. The Labute approximate surface area is 185 Å². The third kappa shape index (κ3) is 3.96. The lowest BCUT2D eigenvalue weighted by molar-refractivity contribution is 0.306. The topological polar surface area (TPSA) is 68.8 Å². The average Bonchev–Trinajstić information content (AvgIpc) is 3.18. The van der Waals surface area contributed by atoms with Gasteiger partial charge in [-0.15, -0.1) is 0 Å². The van der Waals surface area contributed by atoms with Crippen molar-refractivity contribution >= 4 is 35.8 Å². The van der Waals surface area contributed by atoms with Gasteiger partial charge in [0, 0.05) is 30.4 Å². The van der Waals surface area contributed by atoms with Crippen LogP contribution in [0.3, 0.4) is 0 Å². The molecule has 2 heterocycles. The third-order valence-electron chi connectivity index (χ3n) is 5.24. The van der Waals surface area contributed by atoms with E-state index in [0.29, 0.717) is 30.2 Å². The number of benzene rings is 2. The van der Waals surface area contributed by atoms with Crippen LogP contribution in [0.5, 0.6) is 11.6 Å². The first-order valence-electron chi connectivity index (χ1n) is 10.2. The van der Waals surface area contributed by atoms with Gasteiger partial charge in [0.25, 0.3) is 5.56 Å². The maximum atomic E-state index is 12.9. The van der Waals surface area contributed by atoms with E-state index >= 15 is 0 Å². The van der Waals surface area contributed by atoms with Crippen molar-refractivity contribution in [3.63, 3.8) is 0 Å². The lowest BCUT2D eigenvalue weighted by Gasteiger charge is -2.14. The molecule has 4 rings (SSSR count). The highest BCUT2D eigenvalue weighted by Gasteiger charge is 2.18. The van der Waals surface area contributed by atoms with E-state index in [1.807, 2.05) is 62.4 Å². The van der Waals surface area contributed by atoms with Gasteiger partial charge in [0.1, 0.15) is 17.9 Å². The first-order chi connectivity index (χ1) is 15.0. The lowest BCUT2D eigenvalue weighted by atomic mass is 10.0. The SMILES string of the molecule is CCn1c(O)c(C=C2C=Nc3ccc(OCc4ccccc4)cc32)c(=O)n(CC)c1=S. The minimum atomic E-state index is -0.319. The van der Waals surface area contributed by atoms with Crippen LogP contribution >= 0.6 is 12.2 Å². The van der Waals surface area contributed by atoms with Gasteiger partial charge in [-0.25, -0.2) is 0 Å². The number of nitrogens with zero attached hydrogens (tertiary/aromatic N) is 3. The van der Waals surface area contributed by atoms with E-state index in [1.165, 1.54) is 4.57 Å². The van der Waals surface area contributed by atoms with E-state index in [4.69, 9.17) is 17.0 Å². The Morgan fingerprint density at radius 1 is 1.10 bits per heavy atom. The molecule has 0 spiro atoms. The van der Waals surface area contributed by atoms with E-state index in [-0.39, 0.29) is 17.0 Å². The van der Waals surface area contributed by atoms with E-state index in [9.17, 15) is 9.90 Å². The second kappa shape index (κ2) is 8.73. The zero-order valence-corrected chi connectivity index (χ0v) is 18.2. The predicted molar refractivity (Wildman–Crippen MR) is 126 cm³/mol. The first-order valence-corrected chi connectivity index (χ1v) is 10.6. The molecule has 0 fully saturated rings. The molecule has 1 aromatic heterocycles. The van der Waals surface area contributed by atoms with Gasteiger partial charge in [0.2, 0.25) is 5.88 Å². The fourth-order valence-electron chi connectivity index (χ4n) is 3.57. The minimum Gasteiger partial charge on any atom is -0.494 e. The molecule has 31 heavy (non-hydrogen) atoms. The molecule has 3 aromatic rings. The van der Waals surface area contributed by atoms with Gasteiger partial charge in [0.15, 0.2) is 4.77 Å². The Bertz CT molecular complexity index is 1300. The van der Waals surface area contributed by atoms with Crippen molar-refractivity contribution < 1.29 is 9.84 Å². The van der Waals surface area contributed by atoms with Crippen molar-refractivity contribution in [3.8, 4) is 11.6 Å². The summed E-state index contributed by atoms with van der Waals surface area (Å²) in [5.74, 6) is 0.576. The molecule has 0 radical (unpaired) electrons. The number of ether oxygens (including phenoxy) is 1. The van der Waals surface area contributed by atoms with Gasteiger partial charge in [-0.1, -0.05) is 30.3 Å². The van der Waals surface area contributed by atoms with Crippen LogP contribution in [0.2, 0.25) is 0 Å². The van der Waals surface area contributed by atoms with Crippen molar-refractivity contribution in [2.45, 2.75) is 33.5 Å². The zero-order chi connectivity index (χ0) is 22.0. The van der Waals surface area contributed by atoms with Gasteiger partial charge >= 0.3 is 0 Å². The van der Waals surface area contributed by atoms with Gasteiger partial charge in [-0.05, 0) is 55.9 Å². The fraction of sp³-hybridized carbons (Fsp3) is 0.208. The van der Waals surface area contributed by atoms with Crippen LogP contribution in [0.4, 0.5) is 5.69 Å². The number of hydrogen-bond donors (Lipinski definition) is 1. The summed E-state index contributed by atoms with van der Waals surface area (Å²) < 4.78 is 9.29. The highest BCUT2D eigenvalue weighted by atomic mass is 32.1. The van der Waals surface area contributed by atoms with Gasteiger partial charge in [-0.2, -0.15) is 0 Å². The van der Waals surface area contributed by atoms with Gasteiger partial charge in [-0.3, -0.25) is 18.9 Å². The molecule has 0 saturated carbocycles. The molecule has 0 amide bonds. The van der Waals surface area contributed by atoms with Gasteiger partial charge < -0.3 is 9.84 Å². The Balaban J connectivity index is 1.72. The smallest absolute Gasteiger partial charge is 0.265 e. The number of fused-ring (bicyclic) bond motifs is 1. The number of allylic oxidation sites excluding steroid dienone is 1. The highest BCUT2D eigenvalue weighted by molar-refractivity contribution is 7.71. The fourth-order valence-corrected chi connectivity index (χ4v) is 4.00. The number of hydrogen-bond acceptors (Lipinski definition) is 5. The van der Waals surface area contributed by atoms with Crippen molar-refractivity contribution in [2.75, 3.05) is 0 Å². The summed E-state index contributed by atoms with van der Waals surface area (Å²) >= 11 is 5.36. The van der Waals surface area contributed by atoms with Crippen molar-refractivity contribution in [2.24, 2.45) is 4.99 Å². The molecule has 1 N–H and O–H groups in total. The van der Waals surface area contributed by atoms with Crippen LogP contribution < -0.4 is 10.3 Å². The third-order valence-corrected chi connectivity index (χ3v) is 5.68. The molecule has 0 bridgehead atoms. The monoisotopic (exact) mass is 433 g/mol. The Kier molecular flexibility index (Phi) is 5.86. The number of aliphatic imine (C=N–C) groups is 1. The van der Waals surface area contributed by atoms with Crippen molar-refractivity contribution in [3.05, 3.63) is 80.3 Å². The molecular formula is C24H23N3O3S. The molecule has 2 aromatic carbocycles. The van der Waals surface area contributed by atoms with E-state index < -0.39 is 0 Å². The summed E-state index contributed by atoms with van der Waals surface area (Å²) in [5.41, 5.74) is 3.32. The van der Waals surface area contributed by atoms with Crippen molar-refractivity contribution in [1.82, 2.24) is 9.13 Å². The Morgan fingerprint density at radius 3 is 2.55 bits per heavy atom. The van der Waals surface area contributed by atoms with Crippen LogP contribution in [0, 0.1) is 4.77 Å².